The van der Waals surface area contributed by atoms with E-state index in [4.69, 9.17) is 33.9 Å². The third-order valence-corrected chi connectivity index (χ3v) is 16.7. The molecule has 18 nitrogen and oxygen atoms in total. The number of ether oxygens (including phenoxy) is 4. The zero-order valence-corrected chi connectivity index (χ0v) is 44.3. The number of alkyl carbamates (subject to hydrolysis) is 2. The summed E-state index contributed by atoms with van der Waals surface area (Å²) in [6.45, 7) is 12.6. The molecule has 75 heavy (non-hydrogen) atoms. The fraction of sp³-hybridized carbons (Fsp3) is 0.509. The van der Waals surface area contributed by atoms with Crippen molar-refractivity contribution < 1.29 is 42.5 Å². The Morgan fingerprint density at radius 2 is 1.55 bits per heavy atom. The Kier molecular flexibility index (Phi) is 13.5. The van der Waals surface area contributed by atoms with Gasteiger partial charge in [-0.2, -0.15) is 0 Å². The Balaban J connectivity index is 0.902. The van der Waals surface area contributed by atoms with Crippen LogP contribution in [-0.4, -0.2) is 114 Å². The Bertz CT molecular complexity index is 3150. The first-order valence-corrected chi connectivity index (χ1v) is 27.1. The molecule has 5 aliphatic rings. The van der Waals surface area contributed by atoms with Gasteiger partial charge in [0, 0.05) is 41.7 Å². The molecule has 8 heterocycles. The maximum Gasteiger partial charge on any atom is 0.407 e. The molecule has 3 unspecified atom stereocenters. The number of H-pyrrole nitrogens is 2. The van der Waals surface area contributed by atoms with Gasteiger partial charge in [0.2, 0.25) is 18.0 Å². The molecular weight excluding hydrogens is 980 g/mol. The number of fused-ring (bicyclic) bond motifs is 6. The molecule has 6 aromatic rings. The van der Waals surface area contributed by atoms with E-state index in [1.165, 1.54) is 20.3 Å². The second-order valence-corrected chi connectivity index (χ2v) is 22.9. The molecule has 10 atom stereocenters. The molecule has 4 aromatic heterocycles. The highest BCUT2D eigenvalue weighted by molar-refractivity contribution is 7.11. The van der Waals surface area contributed by atoms with Gasteiger partial charge in [-0.15, -0.1) is 11.3 Å². The number of aromatic amines is 2. The number of rotatable bonds is 13. The first-order chi connectivity index (χ1) is 36.1. The van der Waals surface area contributed by atoms with Gasteiger partial charge in [-0.1, -0.05) is 33.8 Å². The molecule has 4 fully saturated rings. The quantitative estimate of drug-likeness (QED) is 0.0856. The summed E-state index contributed by atoms with van der Waals surface area (Å²) < 4.78 is 41.8. The van der Waals surface area contributed by atoms with E-state index in [0.717, 1.165) is 57.7 Å². The van der Waals surface area contributed by atoms with Gasteiger partial charge in [-0.05, 0) is 106 Å². The summed E-state index contributed by atoms with van der Waals surface area (Å²) in [5.74, 6) is 1.25. The Morgan fingerprint density at radius 1 is 0.840 bits per heavy atom. The monoisotopic (exact) mass is 1040 g/mol. The predicted octanol–water partition coefficient (Wildman–Crippen LogP) is 9.46. The van der Waals surface area contributed by atoms with Crippen LogP contribution in [0.1, 0.15) is 120 Å². The van der Waals surface area contributed by atoms with Crippen LogP contribution in [0.15, 0.2) is 55.0 Å². The zero-order chi connectivity index (χ0) is 52.6. The summed E-state index contributed by atoms with van der Waals surface area (Å²) in [7, 11) is 2.58. The summed E-state index contributed by atoms with van der Waals surface area (Å²) >= 11 is 1.58. The average molecular weight is 1050 g/mol. The van der Waals surface area contributed by atoms with Crippen LogP contribution in [0, 0.1) is 29.5 Å². The summed E-state index contributed by atoms with van der Waals surface area (Å²) in [6.07, 6.45) is 8.43. The van der Waals surface area contributed by atoms with E-state index < -0.39 is 36.3 Å². The van der Waals surface area contributed by atoms with Crippen LogP contribution in [0.25, 0.3) is 44.7 Å². The molecule has 4 N–H and O–H groups in total. The van der Waals surface area contributed by atoms with Crippen LogP contribution < -0.4 is 15.4 Å². The van der Waals surface area contributed by atoms with E-state index in [1.807, 2.05) is 67.6 Å². The number of methoxy groups -OCH3 is 2. The van der Waals surface area contributed by atoms with Crippen molar-refractivity contribution in [3.63, 3.8) is 0 Å². The van der Waals surface area contributed by atoms with Crippen molar-refractivity contribution in [1.29, 1.82) is 0 Å². The first-order valence-electron chi connectivity index (χ1n) is 26.2. The van der Waals surface area contributed by atoms with Crippen LogP contribution in [-0.2, 0) is 30.2 Å². The minimum absolute atomic E-state index is 0.0511. The van der Waals surface area contributed by atoms with Crippen molar-refractivity contribution in [2.24, 2.45) is 23.7 Å². The second kappa shape index (κ2) is 20.0. The lowest BCUT2D eigenvalue weighted by molar-refractivity contribution is -0.140. The molecule has 396 valence electrons. The molecule has 4 amide bonds. The predicted molar refractivity (Wildman–Crippen MR) is 278 cm³/mol. The van der Waals surface area contributed by atoms with Gasteiger partial charge >= 0.3 is 12.2 Å². The number of hydrogen-bond donors (Lipinski definition) is 4. The Labute approximate surface area is 438 Å². The number of nitrogens with one attached hydrogen (secondary N) is 4. The number of imidazole rings is 2. The van der Waals surface area contributed by atoms with Crippen LogP contribution in [0.3, 0.4) is 0 Å². The van der Waals surface area contributed by atoms with Gasteiger partial charge < -0.3 is 49.3 Å². The maximum atomic E-state index is 17.1. The lowest BCUT2D eigenvalue weighted by Gasteiger charge is -2.38. The number of carbonyl (C=O) groups excluding carboxylic acids is 4. The van der Waals surface area contributed by atoms with Crippen molar-refractivity contribution in [3.05, 3.63) is 82.3 Å². The fourth-order valence-corrected chi connectivity index (χ4v) is 13.3. The molecule has 0 spiro atoms. The average Bonchev–Trinajstić information content (AvgIpc) is 4.14. The number of nitrogens with zero attached hydrogens (tertiary/aromatic N) is 6. The number of benzene rings is 2. The molecule has 20 heteroatoms. The molecule has 1 saturated carbocycles. The molecule has 2 aromatic carbocycles. The van der Waals surface area contributed by atoms with Crippen molar-refractivity contribution >= 4 is 46.2 Å². The second-order valence-electron chi connectivity index (χ2n) is 21.8. The number of halogens is 1. The van der Waals surface area contributed by atoms with Crippen molar-refractivity contribution in [1.82, 2.24) is 49.9 Å². The van der Waals surface area contributed by atoms with E-state index in [2.05, 4.69) is 40.5 Å². The number of piperidine rings is 1. The highest BCUT2D eigenvalue weighted by Crippen LogP contribution is 2.54. The summed E-state index contributed by atoms with van der Waals surface area (Å²) in [5.41, 5.74) is 4.54. The smallest absolute Gasteiger partial charge is 0.407 e. The van der Waals surface area contributed by atoms with Crippen LogP contribution in [0.2, 0.25) is 0 Å². The zero-order valence-electron chi connectivity index (χ0n) is 43.5. The highest BCUT2D eigenvalue weighted by Gasteiger charge is 2.57. The standard InChI is InChI=1S/C55H65FN10O8S/c1-26(2)14-45-57-25-44(75-45)53-66-38-12-11-30(36-23-59-50(60-36)42-21-33-19-40(33)65(42)52(68)48(63-55(70)72-8)34-15-28(5)73-29(6)16-34)17-32(38)20-41(66)46-35(56)18-31(22-43(46)74-53)37-24-58-49(61-37)39-10-9-13-64(39)51(67)47(27(3)4)62-54(69)71-7/h11-12,17-18,20,22-29,33-34,39-40,42,47-48,53H,9-10,13-16,19,21H2,1-8H3,(H,58,61)(H,59,60)(H,62,69)(H,63,70)/t28-,29+,33-,34?,39+,40-,42+,47+,48?,53?/m1/s1. The lowest BCUT2D eigenvalue weighted by Crippen LogP contribution is -2.55. The third kappa shape index (κ3) is 9.52. The van der Waals surface area contributed by atoms with E-state index in [0.29, 0.717) is 77.6 Å². The normalized spacial score (nSPS) is 24.6. The summed E-state index contributed by atoms with van der Waals surface area (Å²) in [6, 6.07) is 9.29. The molecule has 4 aliphatic heterocycles. The number of hydrogen-bond acceptors (Lipinski definition) is 12. The number of carbonyl (C=O) groups is 4. The van der Waals surface area contributed by atoms with E-state index >= 15 is 4.39 Å². The van der Waals surface area contributed by atoms with Gasteiger partial charge in [0.05, 0.1) is 89.0 Å². The molecule has 0 bridgehead atoms. The van der Waals surface area contributed by atoms with Gasteiger partial charge in [0.1, 0.15) is 35.3 Å². The number of aromatic nitrogens is 6. The summed E-state index contributed by atoms with van der Waals surface area (Å²) in [4.78, 5) is 79.3. The maximum absolute atomic E-state index is 17.1. The SMILES string of the molecule is COC(=O)NC(C(=O)N1[C@@H]2C[C@@H]2C[C@H]1c1ncc(-c2ccc3c(c2)cc2n3C(c3cnc(CC(C)C)s3)Oc3cc(-c4cnc([C@@H]5CCCN5C(=O)[C@@H](NC(=O)OC)C(C)C)[nH]4)cc(F)c3-2)[nH]1)C1C[C@@H](C)O[C@@H](C)C1. The van der Waals surface area contributed by atoms with Crippen LogP contribution in [0.4, 0.5) is 14.0 Å². The van der Waals surface area contributed by atoms with Crippen molar-refractivity contribution in [2.75, 3.05) is 20.8 Å². The minimum atomic E-state index is -0.778. The highest BCUT2D eigenvalue weighted by atomic mass is 32.1. The van der Waals surface area contributed by atoms with Crippen molar-refractivity contribution in [2.45, 2.75) is 135 Å². The number of likely N-dealkylation sites (tertiary alicyclic amines) is 2. The number of thiazole rings is 1. The van der Waals surface area contributed by atoms with E-state index in [9.17, 15) is 19.2 Å². The van der Waals surface area contributed by atoms with Gasteiger partial charge in [-0.25, -0.2) is 28.9 Å². The van der Waals surface area contributed by atoms with Gasteiger partial charge in [0.15, 0.2) is 0 Å². The molecule has 11 rings (SSSR count). The Morgan fingerprint density at radius 3 is 2.25 bits per heavy atom. The topological polar surface area (TPSA) is 211 Å². The van der Waals surface area contributed by atoms with Gasteiger partial charge in [0.25, 0.3) is 0 Å². The molecule has 1 aliphatic carbocycles. The van der Waals surface area contributed by atoms with E-state index in [1.54, 1.807) is 28.6 Å². The third-order valence-electron chi connectivity index (χ3n) is 15.7. The largest absolute Gasteiger partial charge is 0.464 e. The molecule has 3 saturated heterocycles. The summed E-state index contributed by atoms with van der Waals surface area (Å²) in [5, 5.41) is 7.44. The van der Waals surface area contributed by atoms with Crippen LogP contribution in [0.5, 0.6) is 5.75 Å². The number of amides is 4. The first kappa shape index (κ1) is 50.4. The Hall–Kier alpha value is -6.80. The molecule has 0 radical (unpaired) electrons. The molecular formula is C55H65FN10O8S. The fourth-order valence-electron chi connectivity index (χ4n) is 12.1. The van der Waals surface area contributed by atoms with Crippen LogP contribution >= 0.6 is 11.3 Å². The van der Waals surface area contributed by atoms with Gasteiger partial charge in [-0.3, -0.25) is 14.2 Å². The lowest BCUT2D eigenvalue weighted by atomic mass is 9.85. The van der Waals surface area contributed by atoms with E-state index in [-0.39, 0.29) is 54.0 Å². The minimum Gasteiger partial charge on any atom is -0.464 e. The van der Waals surface area contributed by atoms with Crippen molar-refractivity contribution in [3.8, 4) is 39.5 Å².